The fourth-order valence-electron chi connectivity index (χ4n) is 2.32. The maximum atomic E-state index is 5.99. The van der Waals surface area contributed by atoms with Gasteiger partial charge in [-0.2, -0.15) is 0 Å². The van der Waals surface area contributed by atoms with E-state index in [1.165, 1.54) is 25.8 Å². The molecule has 1 aromatic carbocycles. The van der Waals surface area contributed by atoms with Crippen molar-refractivity contribution in [1.29, 1.82) is 0 Å². The number of para-hydroxylation sites is 1. The van der Waals surface area contributed by atoms with Crippen molar-refractivity contribution in [2.75, 3.05) is 31.2 Å². The SMILES string of the molecule is CN1CCCCC1CNc1cccc(Cl)c1N. The summed E-state index contributed by atoms with van der Waals surface area (Å²) in [5, 5.41) is 4.02. The molecular formula is C13H20ClN3. The van der Waals surface area contributed by atoms with Crippen LogP contribution in [0.5, 0.6) is 0 Å². The minimum absolute atomic E-state index is 0.599. The highest BCUT2D eigenvalue weighted by molar-refractivity contribution is 6.33. The summed E-state index contributed by atoms with van der Waals surface area (Å²) in [6.45, 7) is 2.12. The van der Waals surface area contributed by atoms with Gasteiger partial charge in [0.15, 0.2) is 0 Å². The molecule has 94 valence electrons. The Balaban J connectivity index is 1.95. The summed E-state index contributed by atoms with van der Waals surface area (Å²) in [7, 11) is 2.19. The fourth-order valence-corrected chi connectivity index (χ4v) is 2.50. The van der Waals surface area contributed by atoms with Crippen LogP contribution in [0.3, 0.4) is 0 Å². The predicted molar refractivity (Wildman–Crippen MR) is 74.6 cm³/mol. The van der Waals surface area contributed by atoms with Crippen LogP contribution in [0, 0.1) is 0 Å². The van der Waals surface area contributed by atoms with E-state index in [0.29, 0.717) is 16.8 Å². The average Bonchev–Trinajstić information content (AvgIpc) is 2.33. The largest absolute Gasteiger partial charge is 0.396 e. The summed E-state index contributed by atoms with van der Waals surface area (Å²) < 4.78 is 0. The zero-order valence-electron chi connectivity index (χ0n) is 10.2. The van der Waals surface area contributed by atoms with Crippen LogP contribution < -0.4 is 11.1 Å². The maximum Gasteiger partial charge on any atom is 0.0739 e. The number of benzene rings is 1. The summed E-state index contributed by atoms with van der Waals surface area (Å²) in [6.07, 6.45) is 3.89. The third kappa shape index (κ3) is 3.05. The topological polar surface area (TPSA) is 41.3 Å². The molecule has 0 aliphatic carbocycles. The second-order valence-electron chi connectivity index (χ2n) is 4.71. The van der Waals surface area contributed by atoms with Crippen LogP contribution >= 0.6 is 11.6 Å². The number of nitrogen functional groups attached to an aromatic ring is 1. The number of hydrogen-bond donors (Lipinski definition) is 2. The molecule has 3 nitrogen and oxygen atoms in total. The highest BCUT2D eigenvalue weighted by Gasteiger charge is 2.18. The first-order valence-corrected chi connectivity index (χ1v) is 6.54. The lowest BCUT2D eigenvalue weighted by molar-refractivity contribution is 0.194. The minimum atomic E-state index is 0.599. The molecule has 0 radical (unpaired) electrons. The monoisotopic (exact) mass is 253 g/mol. The first-order chi connectivity index (χ1) is 8.18. The van der Waals surface area contributed by atoms with E-state index >= 15 is 0 Å². The Labute approximate surface area is 108 Å². The number of anilines is 2. The molecule has 0 amide bonds. The van der Waals surface area contributed by atoms with E-state index in [2.05, 4.69) is 17.3 Å². The van der Waals surface area contributed by atoms with E-state index in [1.807, 2.05) is 18.2 Å². The molecular weight excluding hydrogens is 234 g/mol. The zero-order chi connectivity index (χ0) is 12.3. The molecule has 1 aliphatic heterocycles. The first-order valence-electron chi connectivity index (χ1n) is 6.16. The van der Waals surface area contributed by atoms with E-state index in [1.54, 1.807) is 0 Å². The van der Waals surface area contributed by atoms with Crippen molar-refractivity contribution in [3.63, 3.8) is 0 Å². The quantitative estimate of drug-likeness (QED) is 0.814. The van der Waals surface area contributed by atoms with E-state index in [9.17, 15) is 0 Å². The molecule has 2 rings (SSSR count). The van der Waals surface area contributed by atoms with Crippen molar-refractivity contribution in [3.8, 4) is 0 Å². The summed E-state index contributed by atoms with van der Waals surface area (Å²) >= 11 is 5.99. The van der Waals surface area contributed by atoms with Crippen molar-refractivity contribution in [2.45, 2.75) is 25.3 Å². The number of piperidine rings is 1. The van der Waals surface area contributed by atoms with Gasteiger partial charge in [0, 0.05) is 12.6 Å². The smallest absolute Gasteiger partial charge is 0.0739 e. The van der Waals surface area contributed by atoms with Gasteiger partial charge in [-0.3, -0.25) is 0 Å². The van der Waals surface area contributed by atoms with Gasteiger partial charge in [-0.1, -0.05) is 24.1 Å². The third-order valence-corrected chi connectivity index (χ3v) is 3.83. The number of likely N-dealkylation sites (N-methyl/N-ethyl adjacent to an activating group) is 1. The van der Waals surface area contributed by atoms with Crippen molar-refractivity contribution in [2.24, 2.45) is 0 Å². The minimum Gasteiger partial charge on any atom is -0.396 e. The highest BCUT2D eigenvalue weighted by atomic mass is 35.5. The molecule has 3 N–H and O–H groups in total. The normalized spacial score (nSPS) is 21.4. The number of halogens is 1. The summed E-state index contributed by atoms with van der Waals surface area (Å²) in [5.41, 5.74) is 7.51. The van der Waals surface area contributed by atoms with Gasteiger partial charge < -0.3 is 16.0 Å². The van der Waals surface area contributed by atoms with Crippen molar-refractivity contribution in [1.82, 2.24) is 4.90 Å². The Hall–Kier alpha value is -0.930. The molecule has 1 heterocycles. The molecule has 17 heavy (non-hydrogen) atoms. The van der Waals surface area contributed by atoms with Crippen molar-refractivity contribution < 1.29 is 0 Å². The molecule has 1 saturated heterocycles. The Bertz CT molecular complexity index is 381. The third-order valence-electron chi connectivity index (χ3n) is 3.50. The van der Waals surface area contributed by atoms with Crippen LogP contribution in [0.4, 0.5) is 11.4 Å². The number of nitrogens with zero attached hydrogens (tertiary/aromatic N) is 1. The molecule has 1 unspecified atom stereocenters. The summed E-state index contributed by atoms with van der Waals surface area (Å²) in [4.78, 5) is 2.41. The van der Waals surface area contributed by atoms with E-state index in [4.69, 9.17) is 17.3 Å². The van der Waals surface area contributed by atoms with Gasteiger partial charge in [0.05, 0.1) is 16.4 Å². The Morgan fingerprint density at radius 3 is 3.06 bits per heavy atom. The zero-order valence-corrected chi connectivity index (χ0v) is 11.0. The number of rotatable bonds is 3. The molecule has 0 saturated carbocycles. The van der Waals surface area contributed by atoms with Gasteiger partial charge in [0.2, 0.25) is 0 Å². The van der Waals surface area contributed by atoms with Crippen LogP contribution in [0.15, 0.2) is 18.2 Å². The van der Waals surface area contributed by atoms with E-state index in [-0.39, 0.29) is 0 Å². The van der Waals surface area contributed by atoms with E-state index in [0.717, 1.165) is 12.2 Å². The predicted octanol–water partition coefficient (Wildman–Crippen LogP) is 2.82. The number of nitrogens with two attached hydrogens (primary N) is 1. The van der Waals surface area contributed by atoms with Crippen molar-refractivity contribution >= 4 is 23.0 Å². The van der Waals surface area contributed by atoms with Crippen LogP contribution in [-0.2, 0) is 0 Å². The lowest BCUT2D eigenvalue weighted by atomic mass is 10.0. The molecule has 0 aromatic heterocycles. The standard InChI is InChI=1S/C13H20ClN3/c1-17-8-3-2-5-10(17)9-16-12-7-4-6-11(14)13(12)15/h4,6-7,10,16H,2-3,5,8-9,15H2,1H3. The maximum absolute atomic E-state index is 5.99. The van der Waals surface area contributed by atoms with Gasteiger partial charge in [0.25, 0.3) is 0 Å². The molecule has 1 atom stereocenters. The lowest BCUT2D eigenvalue weighted by Crippen LogP contribution is -2.40. The Kier molecular flexibility index (Phi) is 4.13. The summed E-state index contributed by atoms with van der Waals surface area (Å²) in [6, 6.07) is 6.31. The first kappa shape index (κ1) is 12.5. The molecule has 0 spiro atoms. The van der Waals surface area contributed by atoms with Gasteiger partial charge in [-0.25, -0.2) is 0 Å². The fraction of sp³-hybridized carbons (Fsp3) is 0.538. The van der Waals surface area contributed by atoms with Crippen LogP contribution in [-0.4, -0.2) is 31.1 Å². The number of likely N-dealkylation sites (tertiary alicyclic amines) is 1. The second-order valence-corrected chi connectivity index (χ2v) is 5.12. The number of nitrogens with one attached hydrogen (secondary N) is 1. The lowest BCUT2D eigenvalue weighted by Gasteiger charge is -2.32. The molecule has 1 aliphatic rings. The van der Waals surface area contributed by atoms with Gasteiger partial charge >= 0.3 is 0 Å². The van der Waals surface area contributed by atoms with Gasteiger partial charge in [-0.05, 0) is 38.6 Å². The van der Waals surface area contributed by atoms with E-state index < -0.39 is 0 Å². The highest BCUT2D eigenvalue weighted by Crippen LogP contribution is 2.27. The van der Waals surface area contributed by atoms with Gasteiger partial charge in [-0.15, -0.1) is 0 Å². The number of hydrogen-bond acceptors (Lipinski definition) is 3. The Morgan fingerprint density at radius 2 is 2.29 bits per heavy atom. The summed E-state index contributed by atoms with van der Waals surface area (Å²) in [5.74, 6) is 0. The van der Waals surface area contributed by atoms with Crippen LogP contribution in [0.2, 0.25) is 5.02 Å². The average molecular weight is 254 g/mol. The molecule has 1 aromatic rings. The molecule has 0 bridgehead atoms. The second kappa shape index (κ2) is 5.61. The van der Waals surface area contributed by atoms with Gasteiger partial charge in [0.1, 0.15) is 0 Å². The van der Waals surface area contributed by atoms with Crippen molar-refractivity contribution in [3.05, 3.63) is 23.2 Å². The molecule has 1 fully saturated rings. The van der Waals surface area contributed by atoms with Crippen LogP contribution in [0.25, 0.3) is 0 Å². The Morgan fingerprint density at radius 1 is 1.47 bits per heavy atom. The molecule has 4 heteroatoms. The van der Waals surface area contributed by atoms with Crippen LogP contribution in [0.1, 0.15) is 19.3 Å².